The van der Waals surface area contributed by atoms with Gasteiger partial charge in [0.25, 0.3) is 0 Å². The zero-order valence-corrected chi connectivity index (χ0v) is 17.8. The molecule has 5 heteroatoms. The van der Waals surface area contributed by atoms with Crippen molar-refractivity contribution in [3.8, 4) is 5.75 Å². The van der Waals surface area contributed by atoms with Gasteiger partial charge in [-0.3, -0.25) is 9.78 Å². The van der Waals surface area contributed by atoms with Crippen molar-refractivity contribution in [3.05, 3.63) is 59.4 Å². The van der Waals surface area contributed by atoms with E-state index in [-0.39, 0.29) is 23.3 Å². The molecule has 29 heavy (non-hydrogen) atoms. The second kappa shape index (κ2) is 10.6. The largest absolute Gasteiger partial charge is 0.487 e. The van der Waals surface area contributed by atoms with Crippen molar-refractivity contribution in [2.75, 3.05) is 0 Å². The zero-order chi connectivity index (χ0) is 21.4. The third-order valence-corrected chi connectivity index (χ3v) is 5.27. The van der Waals surface area contributed by atoms with Crippen LogP contribution in [0.15, 0.2) is 42.5 Å². The van der Waals surface area contributed by atoms with Gasteiger partial charge in [0, 0.05) is 22.9 Å². The smallest absolute Gasteiger partial charge is 0.206 e. The van der Waals surface area contributed by atoms with Crippen LogP contribution in [-0.4, -0.2) is 22.2 Å². The summed E-state index contributed by atoms with van der Waals surface area (Å²) >= 11 is 0. The first-order valence-corrected chi connectivity index (χ1v) is 10.2. The lowest BCUT2D eigenvalue weighted by molar-refractivity contribution is 0.105. The maximum atomic E-state index is 12.7. The third kappa shape index (κ3) is 6.34. The van der Waals surface area contributed by atoms with Crippen molar-refractivity contribution in [2.24, 2.45) is 11.8 Å². The van der Waals surface area contributed by atoms with Gasteiger partial charge in [-0.05, 0) is 68.5 Å². The van der Waals surface area contributed by atoms with E-state index in [1.165, 1.54) is 0 Å². The second-order valence-electron chi connectivity index (χ2n) is 7.47. The fourth-order valence-corrected chi connectivity index (χ4v) is 3.04. The van der Waals surface area contributed by atoms with Gasteiger partial charge in [0.15, 0.2) is 0 Å². The van der Waals surface area contributed by atoms with Crippen molar-refractivity contribution in [3.63, 3.8) is 0 Å². The lowest BCUT2D eigenvalue weighted by Crippen LogP contribution is -2.26. The number of benzene rings is 1. The molecule has 5 nitrogen and oxygen atoms in total. The van der Waals surface area contributed by atoms with Gasteiger partial charge in [-0.25, -0.2) is 0 Å². The molecule has 0 amide bonds. The molecule has 1 aromatic heterocycles. The van der Waals surface area contributed by atoms with E-state index in [9.17, 15) is 4.79 Å². The van der Waals surface area contributed by atoms with Crippen LogP contribution in [-0.2, 0) is 6.61 Å². The standard InChI is InChI=1S/C24H31N3O2/c1-5-16(3)22(25)14-18(6-2)23(26)24(28)19-10-12-21(13-11-19)29-15-20-9-7-8-17(4)27-20/h7-13,16,18,25-26H,5-6,14-15H2,1-4H3/t16-,18+/m1/s1. The molecule has 0 spiro atoms. The molecule has 2 atom stereocenters. The molecule has 1 heterocycles. The normalized spacial score (nSPS) is 12.8. The number of rotatable bonds is 11. The van der Waals surface area contributed by atoms with Gasteiger partial charge >= 0.3 is 0 Å². The third-order valence-electron chi connectivity index (χ3n) is 5.27. The molecule has 0 unspecified atom stereocenters. The number of aromatic nitrogens is 1. The minimum Gasteiger partial charge on any atom is -0.487 e. The average molecular weight is 394 g/mol. The molecular weight excluding hydrogens is 362 g/mol. The van der Waals surface area contributed by atoms with Crippen LogP contribution in [0.25, 0.3) is 0 Å². The summed E-state index contributed by atoms with van der Waals surface area (Å²) in [5.41, 5.74) is 2.96. The number of hydrogen-bond acceptors (Lipinski definition) is 5. The Hall–Kier alpha value is -2.82. The molecule has 0 bridgehead atoms. The molecule has 0 fully saturated rings. The number of aryl methyl sites for hydroxylation is 1. The second-order valence-corrected chi connectivity index (χ2v) is 7.47. The highest BCUT2D eigenvalue weighted by Crippen LogP contribution is 2.20. The number of carbonyl (C=O) groups excluding carboxylic acids is 1. The maximum absolute atomic E-state index is 12.7. The van der Waals surface area contributed by atoms with Crippen LogP contribution < -0.4 is 4.74 Å². The quantitative estimate of drug-likeness (QED) is 0.382. The van der Waals surface area contributed by atoms with E-state index in [1.54, 1.807) is 24.3 Å². The molecule has 0 aliphatic heterocycles. The van der Waals surface area contributed by atoms with Crippen molar-refractivity contribution in [1.29, 1.82) is 10.8 Å². The van der Waals surface area contributed by atoms with E-state index in [4.69, 9.17) is 15.6 Å². The molecule has 2 N–H and O–H groups in total. The van der Waals surface area contributed by atoms with Crippen LogP contribution in [0.3, 0.4) is 0 Å². The zero-order valence-electron chi connectivity index (χ0n) is 17.8. The average Bonchev–Trinajstić information content (AvgIpc) is 2.74. The molecular formula is C24H31N3O2. The van der Waals surface area contributed by atoms with Gasteiger partial charge in [0.05, 0.1) is 11.4 Å². The summed E-state index contributed by atoms with van der Waals surface area (Å²) in [5, 5.41) is 16.6. The van der Waals surface area contributed by atoms with E-state index in [1.807, 2.05) is 39.0 Å². The minimum absolute atomic E-state index is 0.0817. The Balaban J connectivity index is 1.99. The summed E-state index contributed by atoms with van der Waals surface area (Å²) in [6.45, 7) is 8.33. The van der Waals surface area contributed by atoms with Gasteiger partial charge in [-0.1, -0.05) is 26.8 Å². The van der Waals surface area contributed by atoms with E-state index < -0.39 is 0 Å². The van der Waals surface area contributed by atoms with E-state index in [0.717, 1.165) is 17.8 Å². The lowest BCUT2D eigenvalue weighted by atomic mass is 9.86. The van der Waals surface area contributed by atoms with Gasteiger partial charge in [0.2, 0.25) is 5.78 Å². The molecule has 1 aromatic carbocycles. The summed E-state index contributed by atoms with van der Waals surface area (Å²) < 4.78 is 5.75. The number of ketones is 1. The Bertz CT molecular complexity index is 859. The van der Waals surface area contributed by atoms with E-state index >= 15 is 0 Å². The molecule has 0 radical (unpaired) electrons. The Morgan fingerprint density at radius 3 is 2.34 bits per heavy atom. The number of Topliss-reactive ketones (excluding diaryl/α,β-unsaturated/α-hetero) is 1. The predicted molar refractivity (Wildman–Crippen MR) is 117 cm³/mol. The fourth-order valence-electron chi connectivity index (χ4n) is 3.04. The Morgan fingerprint density at radius 1 is 1.07 bits per heavy atom. The van der Waals surface area contributed by atoms with Crippen molar-refractivity contribution in [2.45, 2.75) is 53.6 Å². The summed E-state index contributed by atoms with van der Waals surface area (Å²) in [6.07, 6.45) is 2.05. The number of pyridine rings is 1. The lowest BCUT2D eigenvalue weighted by Gasteiger charge is -2.19. The molecule has 2 rings (SSSR count). The number of carbonyl (C=O) groups is 1. The first-order chi connectivity index (χ1) is 13.8. The molecule has 2 aromatic rings. The summed E-state index contributed by atoms with van der Waals surface area (Å²) in [4.78, 5) is 17.2. The summed E-state index contributed by atoms with van der Waals surface area (Å²) in [5.74, 6) is 0.348. The highest BCUT2D eigenvalue weighted by atomic mass is 16.5. The summed E-state index contributed by atoms with van der Waals surface area (Å²) in [7, 11) is 0. The fraction of sp³-hybridized carbons (Fsp3) is 0.417. The molecule has 0 saturated heterocycles. The predicted octanol–water partition coefficient (Wildman–Crippen LogP) is 5.65. The molecule has 0 aliphatic rings. The summed E-state index contributed by atoms with van der Waals surface area (Å²) in [6, 6.07) is 12.7. The van der Waals surface area contributed by atoms with E-state index in [0.29, 0.717) is 36.5 Å². The van der Waals surface area contributed by atoms with Crippen LogP contribution in [0, 0.1) is 29.6 Å². The molecule has 0 aliphatic carbocycles. The minimum atomic E-state index is -0.277. The van der Waals surface area contributed by atoms with Crippen LogP contribution in [0.2, 0.25) is 0 Å². The van der Waals surface area contributed by atoms with Gasteiger partial charge < -0.3 is 15.6 Å². The highest BCUT2D eigenvalue weighted by molar-refractivity contribution is 6.45. The topological polar surface area (TPSA) is 86.9 Å². The molecule has 0 saturated carbocycles. The van der Waals surface area contributed by atoms with Crippen LogP contribution in [0.4, 0.5) is 0 Å². The van der Waals surface area contributed by atoms with Gasteiger partial charge in [0.1, 0.15) is 12.4 Å². The molecule has 154 valence electrons. The van der Waals surface area contributed by atoms with Gasteiger partial charge in [-0.2, -0.15) is 0 Å². The van der Waals surface area contributed by atoms with E-state index in [2.05, 4.69) is 11.9 Å². The highest BCUT2D eigenvalue weighted by Gasteiger charge is 2.23. The number of hydrogen-bond donors (Lipinski definition) is 2. The van der Waals surface area contributed by atoms with Crippen LogP contribution >= 0.6 is 0 Å². The van der Waals surface area contributed by atoms with Crippen molar-refractivity contribution < 1.29 is 9.53 Å². The monoisotopic (exact) mass is 393 g/mol. The Kier molecular flexibility index (Phi) is 8.25. The number of nitrogens with zero attached hydrogens (tertiary/aromatic N) is 1. The van der Waals surface area contributed by atoms with Crippen LogP contribution in [0.1, 0.15) is 61.8 Å². The van der Waals surface area contributed by atoms with Crippen LogP contribution in [0.5, 0.6) is 5.75 Å². The number of ether oxygens (including phenoxy) is 1. The first-order valence-electron chi connectivity index (χ1n) is 10.2. The SMILES string of the molecule is CC[C@@H](CC(=N)[C@H](C)CC)C(=N)C(=O)c1ccc(OCc2cccc(C)n2)cc1. The Morgan fingerprint density at radius 2 is 1.76 bits per heavy atom. The van der Waals surface area contributed by atoms with Gasteiger partial charge in [-0.15, -0.1) is 0 Å². The maximum Gasteiger partial charge on any atom is 0.206 e. The first kappa shape index (κ1) is 22.5. The van der Waals surface area contributed by atoms with Crippen molar-refractivity contribution >= 4 is 17.2 Å². The van der Waals surface area contributed by atoms with Crippen molar-refractivity contribution in [1.82, 2.24) is 4.98 Å². The number of nitrogens with one attached hydrogen (secondary N) is 2. The Labute approximate surface area is 173 Å².